The van der Waals surface area contributed by atoms with Crippen molar-refractivity contribution < 1.29 is 19.2 Å². The van der Waals surface area contributed by atoms with E-state index in [1.165, 1.54) is 0 Å². The van der Waals surface area contributed by atoms with Gasteiger partial charge >= 0.3 is 6.03 Å². The van der Waals surface area contributed by atoms with Crippen molar-refractivity contribution in [2.75, 3.05) is 70.5 Å². The number of anilines is 2. The number of nitrogens with zero attached hydrogens (tertiary/aromatic N) is 4. The van der Waals surface area contributed by atoms with Crippen molar-refractivity contribution in [2.45, 2.75) is 37.8 Å². The lowest BCUT2D eigenvalue weighted by atomic mass is 9.99. The van der Waals surface area contributed by atoms with Crippen LogP contribution >= 0.6 is 31.9 Å². The molecule has 3 aliphatic rings. The maximum absolute atomic E-state index is 13.9. The van der Waals surface area contributed by atoms with E-state index in [9.17, 15) is 19.2 Å². The van der Waals surface area contributed by atoms with Gasteiger partial charge in [0.15, 0.2) is 5.78 Å². The van der Waals surface area contributed by atoms with Gasteiger partial charge in [0.05, 0.1) is 12.2 Å². The number of piperidine rings is 1. The normalized spacial score (nSPS) is 19.1. The Labute approximate surface area is 274 Å². The van der Waals surface area contributed by atoms with Crippen LogP contribution in [0.3, 0.4) is 0 Å². The Kier molecular flexibility index (Phi) is 10.6. The number of amides is 4. The monoisotopic (exact) mass is 731 g/mol. The Balaban J connectivity index is 1.24. The van der Waals surface area contributed by atoms with Crippen molar-refractivity contribution in [1.82, 2.24) is 24.9 Å². The molecule has 11 nitrogen and oxygen atoms in total. The van der Waals surface area contributed by atoms with Gasteiger partial charge in [0, 0.05) is 78.5 Å². The first-order valence-corrected chi connectivity index (χ1v) is 16.6. The van der Waals surface area contributed by atoms with Gasteiger partial charge in [-0.15, -0.1) is 0 Å². The number of carbonyl (C=O) groups is 4. The molecule has 2 aromatic carbocycles. The third-order valence-electron chi connectivity index (χ3n) is 8.75. The van der Waals surface area contributed by atoms with Crippen LogP contribution in [0.25, 0.3) is 0 Å². The minimum atomic E-state index is -1.01. The lowest BCUT2D eigenvalue weighted by Gasteiger charge is -2.39. The highest BCUT2D eigenvalue weighted by atomic mass is 79.9. The zero-order valence-electron chi connectivity index (χ0n) is 24.9. The number of rotatable bonds is 8. The van der Waals surface area contributed by atoms with E-state index in [0.29, 0.717) is 52.7 Å². The molecule has 4 N–H and O–H groups in total. The minimum absolute atomic E-state index is 0.00949. The number of piperazine rings is 1. The molecule has 0 saturated carbocycles. The van der Waals surface area contributed by atoms with Gasteiger partial charge in [-0.25, -0.2) is 4.79 Å². The number of likely N-dealkylation sites (tertiary alicyclic amines) is 1. The zero-order chi connectivity index (χ0) is 31.4. The summed E-state index contributed by atoms with van der Waals surface area (Å²) in [6.07, 6.45) is 1.81. The molecule has 1 atom stereocenters. The number of nitrogen functional groups attached to an aromatic ring is 1. The van der Waals surface area contributed by atoms with Crippen molar-refractivity contribution in [2.24, 2.45) is 0 Å². The summed E-state index contributed by atoms with van der Waals surface area (Å²) < 4.78 is 1.14. The molecule has 44 heavy (non-hydrogen) atoms. The van der Waals surface area contributed by atoms with Crippen LogP contribution in [0.1, 0.15) is 35.2 Å². The second-order valence-electron chi connectivity index (χ2n) is 11.8. The van der Waals surface area contributed by atoms with Crippen LogP contribution in [0.5, 0.6) is 0 Å². The SMILES string of the molecule is CN1CCN(CC(=O)NC(CC(=O)c2cc(Br)c(N)c(Br)c2)C(=O)N2CCC(N3CCc4ccccc4NC3=O)CC2)CC1. The maximum atomic E-state index is 13.9. The summed E-state index contributed by atoms with van der Waals surface area (Å²) in [5.74, 6) is -0.846. The van der Waals surface area contributed by atoms with Gasteiger partial charge in [-0.2, -0.15) is 0 Å². The minimum Gasteiger partial charge on any atom is -0.397 e. The fraction of sp³-hybridized carbons (Fsp3) is 0.484. The predicted molar refractivity (Wildman–Crippen MR) is 177 cm³/mol. The number of likely N-dealkylation sites (N-methyl/N-ethyl adjacent to an activating group) is 1. The number of nitrogens with one attached hydrogen (secondary N) is 2. The Morgan fingerprint density at radius 2 is 1.66 bits per heavy atom. The molecule has 2 saturated heterocycles. The van der Waals surface area contributed by atoms with Crippen LogP contribution in [0.15, 0.2) is 45.3 Å². The van der Waals surface area contributed by atoms with Gasteiger partial charge in [0.25, 0.3) is 0 Å². The second kappa shape index (κ2) is 14.4. The first-order chi connectivity index (χ1) is 21.1. The van der Waals surface area contributed by atoms with Crippen molar-refractivity contribution in [3.05, 3.63) is 56.5 Å². The lowest BCUT2D eigenvalue weighted by molar-refractivity contribution is -0.138. The van der Waals surface area contributed by atoms with Crippen LogP contribution in [0.2, 0.25) is 0 Å². The standard InChI is InChI=1S/C31H39Br2N7O4/c1-37-12-14-38(15-13-37)19-28(42)35-26(18-27(41)21-16-23(32)29(34)24(33)17-21)30(43)39-9-7-22(8-10-39)40-11-6-20-4-2-3-5-25(20)36-31(40)44/h2-5,16-17,22,26H,6-15,18-19,34H2,1H3,(H,35,42)(H,36,44). The predicted octanol–water partition coefficient (Wildman–Crippen LogP) is 3.18. The highest BCUT2D eigenvalue weighted by Gasteiger charge is 2.35. The molecular formula is C31H39Br2N7O4. The summed E-state index contributed by atoms with van der Waals surface area (Å²) in [5, 5.41) is 5.91. The van der Waals surface area contributed by atoms with E-state index in [1.54, 1.807) is 17.0 Å². The van der Waals surface area contributed by atoms with Crippen LogP contribution < -0.4 is 16.4 Å². The zero-order valence-corrected chi connectivity index (χ0v) is 28.0. The average molecular weight is 734 g/mol. The highest BCUT2D eigenvalue weighted by Crippen LogP contribution is 2.30. The van der Waals surface area contributed by atoms with E-state index >= 15 is 0 Å². The van der Waals surface area contributed by atoms with Crippen LogP contribution in [-0.4, -0.2) is 115 Å². The van der Waals surface area contributed by atoms with Crippen LogP contribution in [0.4, 0.5) is 16.2 Å². The first-order valence-electron chi connectivity index (χ1n) is 15.0. The maximum Gasteiger partial charge on any atom is 0.322 e. The number of hydrogen-bond donors (Lipinski definition) is 3. The molecule has 0 bridgehead atoms. The van der Waals surface area contributed by atoms with Gasteiger partial charge in [0.1, 0.15) is 6.04 Å². The Hall–Kier alpha value is -3.00. The molecule has 0 aromatic heterocycles. The van der Waals surface area contributed by atoms with Crippen molar-refractivity contribution in [3.8, 4) is 0 Å². The molecule has 2 fully saturated rings. The van der Waals surface area contributed by atoms with Gasteiger partial charge in [-0.3, -0.25) is 19.3 Å². The molecule has 0 spiro atoms. The summed E-state index contributed by atoms with van der Waals surface area (Å²) in [6, 6.07) is 9.95. The van der Waals surface area contributed by atoms with E-state index in [-0.39, 0.29) is 42.6 Å². The van der Waals surface area contributed by atoms with Gasteiger partial charge in [-0.1, -0.05) is 18.2 Å². The number of halogens is 2. The Bertz CT molecular complexity index is 1380. The van der Waals surface area contributed by atoms with Gasteiger partial charge in [-0.05, 0) is 81.9 Å². The fourth-order valence-corrected chi connectivity index (χ4v) is 7.24. The van der Waals surface area contributed by atoms with E-state index in [1.807, 2.05) is 36.2 Å². The number of benzene rings is 2. The molecular weight excluding hydrogens is 694 g/mol. The van der Waals surface area contributed by atoms with E-state index in [2.05, 4.69) is 52.3 Å². The van der Waals surface area contributed by atoms with Gasteiger partial charge in [0.2, 0.25) is 11.8 Å². The second-order valence-corrected chi connectivity index (χ2v) is 13.5. The van der Waals surface area contributed by atoms with Crippen LogP contribution in [0, 0.1) is 0 Å². The molecule has 0 aliphatic carbocycles. The van der Waals surface area contributed by atoms with Crippen molar-refractivity contribution in [3.63, 3.8) is 0 Å². The highest BCUT2D eigenvalue weighted by molar-refractivity contribution is 9.11. The third kappa shape index (κ3) is 7.79. The summed E-state index contributed by atoms with van der Waals surface area (Å²) >= 11 is 6.77. The Morgan fingerprint density at radius 3 is 2.34 bits per heavy atom. The number of para-hydroxylation sites is 1. The molecule has 1 unspecified atom stereocenters. The lowest BCUT2D eigenvalue weighted by Crippen LogP contribution is -2.56. The van der Waals surface area contributed by atoms with Gasteiger partial charge < -0.3 is 31.1 Å². The average Bonchev–Trinajstić information content (AvgIpc) is 3.18. The number of Topliss-reactive ketones (excluding diaryl/α,β-unsaturated/α-hetero) is 1. The smallest absolute Gasteiger partial charge is 0.322 e. The molecule has 0 radical (unpaired) electrons. The van der Waals surface area contributed by atoms with E-state index < -0.39 is 6.04 Å². The molecule has 4 amide bonds. The summed E-state index contributed by atoms with van der Waals surface area (Å²) in [6.45, 7) is 4.88. The summed E-state index contributed by atoms with van der Waals surface area (Å²) in [7, 11) is 2.05. The van der Waals surface area contributed by atoms with Crippen molar-refractivity contribution in [1.29, 1.82) is 0 Å². The molecule has 3 heterocycles. The number of urea groups is 1. The molecule has 2 aromatic rings. The van der Waals surface area contributed by atoms with E-state index in [0.717, 1.165) is 43.9 Å². The van der Waals surface area contributed by atoms with Crippen molar-refractivity contribution >= 4 is 66.9 Å². The topological polar surface area (TPSA) is 131 Å². The number of fused-ring (bicyclic) bond motifs is 1. The van der Waals surface area contributed by atoms with Crippen LogP contribution in [-0.2, 0) is 16.0 Å². The molecule has 236 valence electrons. The number of nitrogens with two attached hydrogens (primary N) is 1. The van der Waals surface area contributed by atoms with E-state index in [4.69, 9.17) is 5.73 Å². The molecule has 13 heteroatoms. The quantitative estimate of drug-likeness (QED) is 0.281. The largest absolute Gasteiger partial charge is 0.397 e. The first kappa shape index (κ1) is 32.4. The summed E-state index contributed by atoms with van der Waals surface area (Å²) in [5.41, 5.74) is 8.81. The molecule has 3 aliphatic heterocycles. The Morgan fingerprint density at radius 1 is 1.00 bits per heavy atom. The molecule has 5 rings (SSSR count). The fourth-order valence-electron chi connectivity index (χ4n) is 6.05. The summed E-state index contributed by atoms with van der Waals surface area (Å²) in [4.78, 5) is 61.4. The number of ketones is 1. The number of hydrogen-bond acceptors (Lipinski definition) is 7. The number of carbonyl (C=O) groups excluding carboxylic acids is 4. The third-order valence-corrected chi connectivity index (χ3v) is 10.1.